The van der Waals surface area contributed by atoms with E-state index in [0.717, 1.165) is 62.1 Å². The van der Waals surface area contributed by atoms with Gasteiger partial charge in [-0.2, -0.15) is 10.4 Å². The Labute approximate surface area is 267 Å². The quantitative estimate of drug-likeness (QED) is 0.189. The smallest absolute Gasteiger partial charge is 0.204 e. The molecule has 0 amide bonds. The number of benzene rings is 3. The second-order valence-corrected chi connectivity index (χ2v) is 11.4. The van der Waals surface area contributed by atoms with E-state index >= 15 is 0 Å². The van der Waals surface area contributed by atoms with Crippen molar-refractivity contribution in [2.75, 3.05) is 0 Å². The Kier molecular flexibility index (Phi) is 9.14. The van der Waals surface area contributed by atoms with E-state index in [0.29, 0.717) is 11.6 Å². The topological polar surface area (TPSA) is 135 Å². The number of nitrogens with one attached hydrogen (secondary N) is 2. The van der Waals surface area contributed by atoms with Crippen molar-refractivity contribution in [3.63, 3.8) is 0 Å². The summed E-state index contributed by atoms with van der Waals surface area (Å²) in [6, 6.07) is 26.3. The Balaban J connectivity index is 0.000000155. The second kappa shape index (κ2) is 13.9. The lowest BCUT2D eigenvalue weighted by atomic mass is 10.0. The first-order chi connectivity index (χ1) is 21.8. The average Bonchev–Trinajstić information content (AvgIpc) is 3.94. The third kappa shape index (κ3) is 6.87. The molecule has 12 heteroatoms. The highest BCUT2D eigenvalue weighted by Crippen LogP contribution is 2.31. The number of tetrazole rings is 2. The molecule has 2 N–H and O–H groups in total. The Morgan fingerprint density at radius 3 is 1.67 bits per heavy atom. The minimum atomic E-state index is 0. The molecule has 0 bridgehead atoms. The zero-order valence-corrected chi connectivity index (χ0v) is 24.8. The zero-order chi connectivity index (χ0) is 29.6. The van der Waals surface area contributed by atoms with Crippen molar-refractivity contribution in [2.45, 2.75) is 20.3 Å². The maximum absolute atomic E-state index is 4.76. The lowest BCUT2D eigenvalue weighted by Crippen LogP contribution is -1.88. The molecular weight excluding hydrogens is 601 g/mol. The van der Waals surface area contributed by atoms with Gasteiger partial charge in [-0.3, -0.25) is 0 Å². The SMILES string of the molecule is C.C1=CCCC(c2csc(-c3ccc(-c4nn[nH]n4)cc3)n2)=C1.c1ccc(-c2nc(-c3ccc(-c4nn[nH]n4)cc3)cs2)cc1. The number of allylic oxidation sites excluding steroid dienone is 4. The Morgan fingerprint density at radius 2 is 1.11 bits per heavy atom. The molecule has 222 valence electrons. The summed E-state index contributed by atoms with van der Waals surface area (Å²) in [5, 5.41) is 34.2. The van der Waals surface area contributed by atoms with E-state index in [1.54, 1.807) is 22.7 Å². The fourth-order valence-electron chi connectivity index (χ4n) is 4.61. The molecule has 0 saturated carbocycles. The van der Waals surface area contributed by atoms with Crippen molar-refractivity contribution >= 4 is 28.2 Å². The van der Waals surface area contributed by atoms with Crippen molar-refractivity contribution in [3.05, 3.63) is 114 Å². The van der Waals surface area contributed by atoms with E-state index < -0.39 is 0 Å². The van der Waals surface area contributed by atoms with Crippen LogP contribution in [0.5, 0.6) is 0 Å². The molecule has 0 atom stereocenters. The van der Waals surface area contributed by atoms with Gasteiger partial charge in [-0.1, -0.05) is 105 Å². The Bertz CT molecular complexity index is 1990. The summed E-state index contributed by atoms with van der Waals surface area (Å²) in [6.45, 7) is 0. The molecule has 7 aromatic rings. The van der Waals surface area contributed by atoms with Crippen molar-refractivity contribution in [3.8, 4) is 55.2 Å². The van der Waals surface area contributed by atoms with Gasteiger partial charge in [-0.05, 0) is 28.8 Å². The lowest BCUT2D eigenvalue weighted by molar-refractivity contribution is 0.881. The van der Waals surface area contributed by atoms with Crippen LogP contribution >= 0.6 is 22.7 Å². The van der Waals surface area contributed by atoms with Gasteiger partial charge in [0.15, 0.2) is 0 Å². The van der Waals surface area contributed by atoms with Crippen LogP contribution in [-0.2, 0) is 0 Å². The number of aromatic amines is 2. The minimum absolute atomic E-state index is 0. The van der Waals surface area contributed by atoms with Gasteiger partial charge in [0, 0.05) is 38.6 Å². The van der Waals surface area contributed by atoms with Crippen LogP contribution < -0.4 is 0 Å². The van der Waals surface area contributed by atoms with Crippen LogP contribution in [0.15, 0.2) is 108 Å². The number of aromatic nitrogens is 10. The fraction of sp³-hybridized carbons (Fsp3) is 0.0909. The van der Waals surface area contributed by atoms with Crippen LogP contribution in [0.3, 0.4) is 0 Å². The van der Waals surface area contributed by atoms with Crippen molar-refractivity contribution in [2.24, 2.45) is 0 Å². The van der Waals surface area contributed by atoms with Gasteiger partial charge >= 0.3 is 0 Å². The largest absolute Gasteiger partial charge is 0.236 e. The van der Waals surface area contributed by atoms with Gasteiger partial charge in [0.1, 0.15) is 10.0 Å². The zero-order valence-electron chi connectivity index (χ0n) is 23.2. The summed E-state index contributed by atoms with van der Waals surface area (Å²) in [5.74, 6) is 1.19. The molecule has 3 aromatic carbocycles. The van der Waals surface area contributed by atoms with Crippen molar-refractivity contribution in [1.29, 1.82) is 0 Å². The molecule has 45 heavy (non-hydrogen) atoms. The van der Waals surface area contributed by atoms with Crippen LogP contribution in [0.1, 0.15) is 26.0 Å². The monoisotopic (exact) mass is 628 g/mol. The van der Waals surface area contributed by atoms with E-state index in [4.69, 9.17) is 9.97 Å². The highest BCUT2D eigenvalue weighted by molar-refractivity contribution is 7.13. The standard InChI is InChI=1S/C16H11N5S.C16H13N5S.CH4/c1-2-4-13(5-3-1)16-17-14(10-22-16)11-6-8-12(9-7-11)15-18-20-21-19-15;1-2-4-11(5-3-1)14-10-22-16(17-14)13-8-6-12(7-9-13)15-18-20-21-19-15;/h1-10H,(H,18,19,20,21);1-2,4,6-10H,3,5H2,(H,18,19,20,21);1H4. The van der Waals surface area contributed by atoms with Crippen LogP contribution in [0.25, 0.3) is 60.7 Å². The molecule has 0 aliphatic heterocycles. The first-order valence-electron chi connectivity index (χ1n) is 13.8. The molecule has 0 spiro atoms. The number of H-pyrrole nitrogens is 2. The summed E-state index contributed by atoms with van der Waals surface area (Å²) in [5.41, 5.74) is 8.57. The number of rotatable bonds is 6. The lowest BCUT2D eigenvalue weighted by Gasteiger charge is -2.05. The summed E-state index contributed by atoms with van der Waals surface area (Å²) in [6.07, 6.45) is 8.61. The van der Waals surface area contributed by atoms with E-state index in [1.165, 1.54) is 5.57 Å². The predicted molar refractivity (Wildman–Crippen MR) is 180 cm³/mol. The molecule has 4 heterocycles. The molecule has 8 rings (SSSR count). The molecular formula is C33H28N10S2. The summed E-state index contributed by atoms with van der Waals surface area (Å²) in [4.78, 5) is 9.48. The van der Waals surface area contributed by atoms with Crippen LogP contribution in [-0.4, -0.2) is 51.2 Å². The normalized spacial score (nSPS) is 12.1. The van der Waals surface area contributed by atoms with Crippen LogP contribution in [0, 0.1) is 0 Å². The van der Waals surface area contributed by atoms with Crippen molar-refractivity contribution < 1.29 is 0 Å². The number of nitrogens with zero attached hydrogens (tertiary/aromatic N) is 8. The molecule has 0 unspecified atom stereocenters. The number of hydrogen-bond donors (Lipinski definition) is 2. The molecule has 0 saturated heterocycles. The summed E-state index contributed by atoms with van der Waals surface area (Å²) in [7, 11) is 0. The highest BCUT2D eigenvalue weighted by atomic mass is 32.1. The third-order valence-corrected chi connectivity index (χ3v) is 8.67. The number of thiazole rings is 2. The van der Waals surface area contributed by atoms with Gasteiger partial charge in [-0.15, -0.1) is 43.1 Å². The fourth-order valence-corrected chi connectivity index (χ4v) is 6.30. The van der Waals surface area contributed by atoms with E-state index in [-0.39, 0.29) is 7.43 Å². The minimum Gasteiger partial charge on any atom is -0.236 e. The molecule has 0 fully saturated rings. The maximum atomic E-state index is 4.76. The van der Waals surface area contributed by atoms with Gasteiger partial charge < -0.3 is 0 Å². The molecule has 0 radical (unpaired) electrons. The second-order valence-electron chi connectivity index (χ2n) is 9.73. The van der Waals surface area contributed by atoms with Crippen LogP contribution in [0.2, 0.25) is 0 Å². The molecule has 4 aromatic heterocycles. The summed E-state index contributed by atoms with van der Waals surface area (Å²) >= 11 is 3.32. The van der Waals surface area contributed by atoms with Gasteiger partial charge in [0.25, 0.3) is 0 Å². The highest BCUT2D eigenvalue weighted by Gasteiger charge is 2.11. The van der Waals surface area contributed by atoms with Gasteiger partial charge in [0.05, 0.1) is 11.4 Å². The van der Waals surface area contributed by atoms with E-state index in [2.05, 4.69) is 82.4 Å². The van der Waals surface area contributed by atoms with Gasteiger partial charge in [-0.25, -0.2) is 9.97 Å². The summed E-state index contributed by atoms with van der Waals surface area (Å²) < 4.78 is 0. The Morgan fingerprint density at radius 1 is 0.578 bits per heavy atom. The Hall–Kier alpha value is -5.46. The predicted octanol–water partition coefficient (Wildman–Crippen LogP) is 8.02. The van der Waals surface area contributed by atoms with Crippen LogP contribution in [0.4, 0.5) is 0 Å². The molecule has 1 aliphatic rings. The molecule has 1 aliphatic carbocycles. The average molecular weight is 629 g/mol. The third-order valence-electron chi connectivity index (χ3n) is 6.89. The molecule has 10 nitrogen and oxygen atoms in total. The first kappa shape index (κ1) is 29.6. The first-order valence-corrected chi connectivity index (χ1v) is 15.6. The van der Waals surface area contributed by atoms with Crippen molar-refractivity contribution in [1.82, 2.24) is 51.2 Å². The number of hydrogen-bond acceptors (Lipinski definition) is 10. The van der Waals surface area contributed by atoms with E-state index in [1.807, 2.05) is 66.7 Å². The maximum Gasteiger partial charge on any atom is 0.204 e. The van der Waals surface area contributed by atoms with Gasteiger partial charge in [0.2, 0.25) is 11.6 Å². The van der Waals surface area contributed by atoms with E-state index in [9.17, 15) is 0 Å².